The quantitative estimate of drug-likeness (QED) is 0.540. The molecule has 0 unspecified atom stereocenters. The van der Waals surface area contributed by atoms with E-state index in [9.17, 15) is 22.0 Å². The molecule has 3 aromatic rings. The number of aromatic nitrogens is 3. The first-order chi connectivity index (χ1) is 14.7. The van der Waals surface area contributed by atoms with Gasteiger partial charge in [-0.15, -0.1) is 5.10 Å². The minimum atomic E-state index is -2.93. The zero-order valence-corrected chi connectivity index (χ0v) is 16.8. The van der Waals surface area contributed by atoms with Gasteiger partial charge in [-0.05, 0) is 19.9 Å². The molecule has 164 valence electrons. The highest BCUT2D eigenvalue weighted by atomic mass is 19.3. The normalized spacial score (nSPS) is 16.8. The van der Waals surface area contributed by atoms with Crippen LogP contribution in [0, 0.1) is 12.7 Å². The molecule has 0 bridgehead atoms. The summed E-state index contributed by atoms with van der Waals surface area (Å²) in [5, 5.41) is 11.7. The van der Waals surface area contributed by atoms with E-state index in [0.717, 1.165) is 6.07 Å². The fourth-order valence-corrected chi connectivity index (χ4v) is 3.74. The van der Waals surface area contributed by atoms with E-state index in [1.807, 2.05) is 0 Å². The van der Waals surface area contributed by atoms with Crippen molar-refractivity contribution in [1.29, 1.82) is 0 Å². The Labute approximate surface area is 175 Å². The van der Waals surface area contributed by atoms with Gasteiger partial charge in [-0.25, -0.2) is 22.0 Å². The fourth-order valence-electron chi connectivity index (χ4n) is 3.74. The highest BCUT2D eigenvalue weighted by Crippen LogP contribution is 2.34. The lowest BCUT2D eigenvalue weighted by Crippen LogP contribution is -2.25. The maximum Gasteiger partial charge on any atom is 0.266 e. The number of fused-ring (bicyclic) bond motifs is 1. The van der Waals surface area contributed by atoms with Crippen molar-refractivity contribution >= 4 is 22.4 Å². The molecular weight excluding hydrogens is 417 g/mol. The Morgan fingerprint density at radius 1 is 1.16 bits per heavy atom. The highest BCUT2D eigenvalue weighted by molar-refractivity contribution is 5.92. The van der Waals surface area contributed by atoms with Crippen LogP contribution in [-0.4, -0.2) is 34.2 Å². The standard InChI is InChI=1S/C21H20F5N5/c1-11(14-4-3-5-15(17(14)22)19(23)24)28-20-16-8-13(31-7-6-21(25,26)10-31)9-27-18(16)12(2)29-30-20/h3-5,8-9,11,19H,6-7,10H2,1-2H3,(H,28,30)/t11-/m1/s1. The maximum atomic E-state index is 14.5. The summed E-state index contributed by atoms with van der Waals surface area (Å²) in [6.07, 6.45) is -1.66. The summed E-state index contributed by atoms with van der Waals surface area (Å²) >= 11 is 0. The Hall–Kier alpha value is -3.04. The average molecular weight is 437 g/mol. The SMILES string of the molecule is Cc1nnc(N[C@H](C)c2cccc(C(F)F)c2F)c2cc(N3CCC(F)(F)C3)cnc12. The average Bonchev–Trinajstić information content (AvgIpc) is 3.09. The van der Waals surface area contributed by atoms with Crippen LogP contribution in [0.3, 0.4) is 0 Å². The number of hydrogen-bond donors (Lipinski definition) is 1. The molecule has 0 aliphatic carbocycles. The molecule has 5 nitrogen and oxygen atoms in total. The number of hydrogen-bond acceptors (Lipinski definition) is 5. The van der Waals surface area contributed by atoms with E-state index >= 15 is 0 Å². The minimum absolute atomic E-state index is 0.0524. The predicted octanol–water partition coefficient (Wildman–Crippen LogP) is 5.43. The van der Waals surface area contributed by atoms with Crippen LogP contribution in [0.5, 0.6) is 0 Å². The van der Waals surface area contributed by atoms with Crippen molar-refractivity contribution in [2.45, 2.75) is 38.7 Å². The molecule has 1 saturated heterocycles. The van der Waals surface area contributed by atoms with Crippen molar-refractivity contribution in [3.8, 4) is 0 Å². The molecule has 0 saturated carbocycles. The Morgan fingerprint density at radius 3 is 2.58 bits per heavy atom. The van der Waals surface area contributed by atoms with E-state index in [1.165, 1.54) is 18.3 Å². The number of aryl methyl sites for hydroxylation is 1. The number of alkyl halides is 4. The van der Waals surface area contributed by atoms with E-state index in [1.54, 1.807) is 24.8 Å². The van der Waals surface area contributed by atoms with E-state index < -0.39 is 36.3 Å². The molecule has 1 atom stereocenters. The molecule has 1 fully saturated rings. The van der Waals surface area contributed by atoms with Crippen LogP contribution in [0.2, 0.25) is 0 Å². The second-order valence-electron chi connectivity index (χ2n) is 7.67. The van der Waals surface area contributed by atoms with Gasteiger partial charge in [0.2, 0.25) is 0 Å². The van der Waals surface area contributed by atoms with Crippen molar-refractivity contribution in [2.75, 3.05) is 23.3 Å². The van der Waals surface area contributed by atoms with E-state index in [4.69, 9.17) is 0 Å². The molecule has 1 aromatic carbocycles. The summed E-state index contributed by atoms with van der Waals surface area (Å²) < 4.78 is 67.9. The smallest absolute Gasteiger partial charge is 0.266 e. The molecule has 1 N–H and O–H groups in total. The number of anilines is 2. The van der Waals surface area contributed by atoms with Crippen molar-refractivity contribution in [2.24, 2.45) is 0 Å². The summed E-state index contributed by atoms with van der Waals surface area (Å²) in [6, 6.07) is 4.80. The minimum Gasteiger partial charge on any atom is -0.364 e. The van der Waals surface area contributed by atoms with E-state index in [-0.39, 0.29) is 24.3 Å². The van der Waals surface area contributed by atoms with Crippen LogP contribution in [0.4, 0.5) is 33.5 Å². The molecular formula is C21H20F5N5. The lowest BCUT2D eigenvalue weighted by Gasteiger charge is -2.20. The molecule has 0 radical (unpaired) electrons. The van der Waals surface area contributed by atoms with Gasteiger partial charge in [0.15, 0.2) is 5.82 Å². The lowest BCUT2D eigenvalue weighted by atomic mass is 10.0. The molecule has 2 aromatic heterocycles. The molecule has 1 aliphatic heterocycles. The summed E-state index contributed by atoms with van der Waals surface area (Å²) in [5.74, 6) is -3.49. The van der Waals surface area contributed by atoms with Gasteiger partial charge in [0.1, 0.15) is 5.82 Å². The van der Waals surface area contributed by atoms with Crippen LogP contribution in [0.25, 0.3) is 10.9 Å². The predicted molar refractivity (Wildman–Crippen MR) is 107 cm³/mol. The number of benzene rings is 1. The highest BCUT2D eigenvalue weighted by Gasteiger charge is 2.38. The van der Waals surface area contributed by atoms with Crippen LogP contribution >= 0.6 is 0 Å². The largest absolute Gasteiger partial charge is 0.364 e. The molecule has 3 heterocycles. The van der Waals surface area contributed by atoms with Gasteiger partial charge in [0.05, 0.1) is 41.2 Å². The Bertz CT molecular complexity index is 1120. The van der Waals surface area contributed by atoms with E-state index in [2.05, 4.69) is 20.5 Å². The summed E-state index contributed by atoms with van der Waals surface area (Å²) in [7, 11) is 0. The molecule has 31 heavy (non-hydrogen) atoms. The Kier molecular flexibility index (Phi) is 5.40. The van der Waals surface area contributed by atoms with Crippen LogP contribution in [0.15, 0.2) is 30.5 Å². The van der Waals surface area contributed by atoms with Crippen molar-refractivity contribution in [1.82, 2.24) is 15.2 Å². The van der Waals surface area contributed by atoms with Gasteiger partial charge < -0.3 is 10.2 Å². The van der Waals surface area contributed by atoms with Gasteiger partial charge in [0.25, 0.3) is 12.3 Å². The zero-order chi connectivity index (χ0) is 22.3. The van der Waals surface area contributed by atoms with Crippen molar-refractivity contribution < 1.29 is 22.0 Å². The van der Waals surface area contributed by atoms with Crippen LogP contribution in [0.1, 0.15) is 42.6 Å². The van der Waals surface area contributed by atoms with Gasteiger partial charge in [-0.3, -0.25) is 4.98 Å². The number of nitrogens with zero attached hydrogens (tertiary/aromatic N) is 4. The van der Waals surface area contributed by atoms with Crippen LogP contribution < -0.4 is 10.2 Å². The molecule has 4 rings (SSSR count). The number of pyridine rings is 1. The molecule has 10 heteroatoms. The third-order valence-electron chi connectivity index (χ3n) is 5.42. The topological polar surface area (TPSA) is 53.9 Å². The third kappa shape index (κ3) is 4.11. The molecule has 0 amide bonds. The second-order valence-corrected chi connectivity index (χ2v) is 7.67. The first kappa shape index (κ1) is 21.2. The van der Waals surface area contributed by atoms with Crippen LogP contribution in [-0.2, 0) is 0 Å². The Morgan fingerprint density at radius 2 is 1.90 bits per heavy atom. The number of halogens is 5. The van der Waals surface area contributed by atoms with Crippen molar-refractivity contribution in [3.05, 3.63) is 53.1 Å². The first-order valence-electron chi connectivity index (χ1n) is 9.75. The lowest BCUT2D eigenvalue weighted by molar-refractivity contribution is 0.0257. The van der Waals surface area contributed by atoms with Gasteiger partial charge in [-0.1, -0.05) is 18.2 Å². The second kappa shape index (κ2) is 7.90. The maximum absolute atomic E-state index is 14.5. The van der Waals surface area contributed by atoms with Crippen molar-refractivity contribution in [3.63, 3.8) is 0 Å². The van der Waals surface area contributed by atoms with Gasteiger partial charge in [0, 0.05) is 23.9 Å². The monoisotopic (exact) mass is 437 g/mol. The van der Waals surface area contributed by atoms with E-state index in [0.29, 0.717) is 22.3 Å². The molecule has 1 aliphatic rings. The summed E-state index contributed by atoms with van der Waals surface area (Å²) in [4.78, 5) is 5.91. The first-order valence-corrected chi connectivity index (χ1v) is 9.75. The summed E-state index contributed by atoms with van der Waals surface area (Å²) in [5.41, 5.74) is 0.943. The fraction of sp³-hybridized carbons (Fsp3) is 0.381. The number of rotatable bonds is 5. The van der Waals surface area contributed by atoms with Gasteiger partial charge in [-0.2, -0.15) is 5.10 Å². The van der Waals surface area contributed by atoms with Gasteiger partial charge >= 0.3 is 0 Å². The molecule has 0 spiro atoms. The zero-order valence-electron chi connectivity index (χ0n) is 16.8. The number of nitrogens with one attached hydrogen (secondary N) is 1. The Balaban J connectivity index is 1.70. The third-order valence-corrected chi connectivity index (χ3v) is 5.42. The summed E-state index contributed by atoms with van der Waals surface area (Å²) in [6.45, 7) is 3.12.